The molecule has 1 aromatic heterocycles. The Morgan fingerprint density at radius 1 is 1.62 bits per heavy atom. The summed E-state index contributed by atoms with van der Waals surface area (Å²) in [5.74, 6) is -1.92. The van der Waals surface area contributed by atoms with Gasteiger partial charge in [-0.25, -0.2) is 0 Å². The molecule has 16 heavy (non-hydrogen) atoms. The number of rotatable bonds is 4. The highest BCUT2D eigenvalue weighted by molar-refractivity contribution is 5.89. The second kappa shape index (κ2) is 3.96. The third kappa shape index (κ3) is 2.05. The molecule has 1 fully saturated rings. The first-order valence-corrected chi connectivity index (χ1v) is 5.07. The van der Waals surface area contributed by atoms with Crippen molar-refractivity contribution in [1.29, 1.82) is 0 Å². The van der Waals surface area contributed by atoms with E-state index in [0.29, 0.717) is 13.0 Å². The molecule has 0 aliphatic heterocycles. The maximum Gasteiger partial charge on any atom is 0.307 e. The van der Waals surface area contributed by atoms with Crippen LogP contribution < -0.4 is 5.32 Å². The van der Waals surface area contributed by atoms with Crippen molar-refractivity contribution < 1.29 is 14.7 Å². The number of carboxylic acids is 1. The van der Waals surface area contributed by atoms with E-state index in [1.54, 1.807) is 17.9 Å². The standard InChI is InChI=1S/C10H13N3O3/c1-13-6(2-3-12-13)5-11-9(14)7-4-8(7)10(15)16/h2-3,7-8H,4-5H2,1H3,(H,11,14)(H,15,16)/t7-,8+/m1/s1. The van der Waals surface area contributed by atoms with Crippen LogP contribution in [0.25, 0.3) is 0 Å². The van der Waals surface area contributed by atoms with Gasteiger partial charge >= 0.3 is 5.97 Å². The molecule has 1 heterocycles. The first kappa shape index (κ1) is 10.7. The maximum atomic E-state index is 11.5. The first-order valence-electron chi connectivity index (χ1n) is 5.07. The summed E-state index contributed by atoms with van der Waals surface area (Å²) in [7, 11) is 1.79. The Bertz CT molecular complexity index is 427. The molecule has 2 atom stereocenters. The lowest BCUT2D eigenvalue weighted by Crippen LogP contribution is -2.26. The van der Waals surface area contributed by atoms with Gasteiger partial charge in [-0.05, 0) is 12.5 Å². The molecule has 0 radical (unpaired) electrons. The molecule has 1 saturated carbocycles. The summed E-state index contributed by atoms with van der Waals surface area (Å²) in [6, 6.07) is 1.81. The number of carbonyl (C=O) groups is 2. The van der Waals surface area contributed by atoms with E-state index in [-0.39, 0.29) is 11.8 Å². The molecule has 1 aromatic rings. The molecule has 0 saturated heterocycles. The van der Waals surface area contributed by atoms with Gasteiger partial charge in [0.2, 0.25) is 5.91 Å². The maximum absolute atomic E-state index is 11.5. The van der Waals surface area contributed by atoms with Crippen molar-refractivity contribution >= 4 is 11.9 Å². The Kier molecular flexibility index (Phi) is 2.64. The van der Waals surface area contributed by atoms with Crippen molar-refractivity contribution in [2.24, 2.45) is 18.9 Å². The Balaban J connectivity index is 1.82. The van der Waals surface area contributed by atoms with Crippen molar-refractivity contribution in [3.05, 3.63) is 18.0 Å². The molecule has 6 heteroatoms. The first-order chi connectivity index (χ1) is 7.59. The van der Waals surface area contributed by atoms with Crippen LogP contribution in [0.3, 0.4) is 0 Å². The number of nitrogens with one attached hydrogen (secondary N) is 1. The predicted octanol–water partition coefficient (Wildman–Crippen LogP) is -0.243. The summed E-state index contributed by atoms with van der Waals surface area (Å²) in [4.78, 5) is 22.1. The van der Waals surface area contributed by atoms with Crippen LogP contribution in [0.1, 0.15) is 12.1 Å². The summed E-state index contributed by atoms with van der Waals surface area (Å²) in [6.07, 6.45) is 2.10. The molecule has 0 unspecified atom stereocenters. The van der Waals surface area contributed by atoms with E-state index < -0.39 is 11.9 Å². The number of aliphatic carboxylic acids is 1. The van der Waals surface area contributed by atoms with Gasteiger partial charge in [0.1, 0.15) is 0 Å². The van der Waals surface area contributed by atoms with Gasteiger partial charge in [0.05, 0.1) is 24.1 Å². The summed E-state index contributed by atoms with van der Waals surface area (Å²) < 4.78 is 1.67. The van der Waals surface area contributed by atoms with Crippen molar-refractivity contribution in [2.45, 2.75) is 13.0 Å². The molecule has 86 valence electrons. The lowest BCUT2D eigenvalue weighted by atomic mass is 10.3. The molecule has 1 amide bonds. The monoisotopic (exact) mass is 223 g/mol. The topological polar surface area (TPSA) is 84.2 Å². The number of hydrogen-bond donors (Lipinski definition) is 2. The van der Waals surface area contributed by atoms with Crippen LogP contribution in [-0.4, -0.2) is 26.8 Å². The van der Waals surface area contributed by atoms with Crippen molar-refractivity contribution in [2.75, 3.05) is 0 Å². The fraction of sp³-hybridized carbons (Fsp3) is 0.500. The van der Waals surface area contributed by atoms with Gasteiger partial charge in [-0.15, -0.1) is 0 Å². The Morgan fingerprint density at radius 2 is 2.38 bits per heavy atom. The Labute approximate surface area is 92.3 Å². The van der Waals surface area contributed by atoms with E-state index >= 15 is 0 Å². The predicted molar refractivity (Wildman–Crippen MR) is 54.3 cm³/mol. The zero-order valence-electron chi connectivity index (χ0n) is 8.88. The van der Waals surface area contributed by atoms with Crippen LogP contribution in [0.5, 0.6) is 0 Å². The van der Waals surface area contributed by atoms with E-state index in [4.69, 9.17) is 5.11 Å². The normalized spacial score (nSPS) is 22.8. The van der Waals surface area contributed by atoms with Crippen LogP contribution in [0, 0.1) is 11.8 Å². The second-order valence-corrected chi connectivity index (χ2v) is 3.95. The van der Waals surface area contributed by atoms with Gasteiger partial charge in [-0.2, -0.15) is 5.10 Å². The van der Waals surface area contributed by atoms with Gasteiger partial charge in [-0.3, -0.25) is 14.3 Å². The number of aromatic nitrogens is 2. The van der Waals surface area contributed by atoms with Gasteiger partial charge in [0.15, 0.2) is 0 Å². The molecule has 2 N–H and O–H groups in total. The highest BCUT2D eigenvalue weighted by Crippen LogP contribution is 2.38. The Hall–Kier alpha value is -1.85. The van der Waals surface area contributed by atoms with E-state index in [1.165, 1.54) is 0 Å². The fourth-order valence-electron chi connectivity index (χ4n) is 1.64. The molecular weight excluding hydrogens is 210 g/mol. The molecule has 1 aliphatic carbocycles. The zero-order valence-corrected chi connectivity index (χ0v) is 8.88. The third-order valence-electron chi connectivity index (χ3n) is 2.81. The quantitative estimate of drug-likeness (QED) is 0.737. The minimum atomic E-state index is -0.888. The van der Waals surface area contributed by atoms with E-state index in [9.17, 15) is 9.59 Å². The van der Waals surface area contributed by atoms with Crippen molar-refractivity contribution in [1.82, 2.24) is 15.1 Å². The minimum absolute atomic E-state index is 0.186. The van der Waals surface area contributed by atoms with Crippen LogP contribution in [0.2, 0.25) is 0 Å². The molecule has 0 bridgehead atoms. The number of nitrogens with zero attached hydrogens (tertiary/aromatic N) is 2. The van der Waals surface area contributed by atoms with Gasteiger partial charge in [-0.1, -0.05) is 0 Å². The molecule has 0 spiro atoms. The van der Waals surface area contributed by atoms with Gasteiger partial charge < -0.3 is 10.4 Å². The van der Waals surface area contributed by atoms with Crippen LogP contribution in [-0.2, 0) is 23.2 Å². The molecule has 6 nitrogen and oxygen atoms in total. The van der Waals surface area contributed by atoms with Gasteiger partial charge in [0, 0.05) is 13.2 Å². The highest BCUT2D eigenvalue weighted by atomic mass is 16.4. The largest absolute Gasteiger partial charge is 0.481 e. The van der Waals surface area contributed by atoms with E-state index in [2.05, 4.69) is 10.4 Å². The van der Waals surface area contributed by atoms with Gasteiger partial charge in [0.25, 0.3) is 0 Å². The summed E-state index contributed by atoms with van der Waals surface area (Å²) >= 11 is 0. The number of hydrogen-bond acceptors (Lipinski definition) is 3. The van der Waals surface area contributed by atoms with Crippen LogP contribution in [0.15, 0.2) is 12.3 Å². The van der Waals surface area contributed by atoms with Crippen LogP contribution in [0.4, 0.5) is 0 Å². The third-order valence-corrected chi connectivity index (χ3v) is 2.81. The average molecular weight is 223 g/mol. The molecule has 2 rings (SSSR count). The summed E-state index contributed by atoms with van der Waals surface area (Å²) in [5, 5.41) is 15.4. The van der Waals surface area contributed by atoms with Crippen molar-refractivity contribution in [3.8, 4) is 0 Å². The van der Waals surface area contributed by atoms with Crippen molar-refractivity contribution in [3.63, 3.8) is 0 Å². The molecule has 0 aromatic carbocycles. The molecular formula is C10H13N3O3. The summed E-state index contributed by atoms with van der Waals surface area (Å²) in [5.41, 5.74) is 0.890. The fourth-order valence-corrected chi connectivity index (χ4v) is 1.64. The summed E-state index contributed by atoms with van der Waals surface area (Å²) in [6.45, 7) is 0.387. The van der Waals surface area contributed by atoms with Crippen LogP contribution >= 0.6 is 0 Å². The zero-order chi connectivity index (χ0) is 11.7. The number of carboxylic acid groups (broad SMARTS) is 1. The second-order valence-electron chi connectivity index (χ2n) is 3.95. The Morgan fingerprint density at radius 3 is 2.88 bits per heavy atom. The smallest absolute Gasteiger partial charge is 0.307 e. The number of carbonyl (C=O) groups excluding carboxylic acids is 1. The van der Waals surface area contributed by atoms with E-state index in [0.717, 1.165) is 5.69 Å². The lowest BCUT2D eigenvalue weighted by Gasteiger charge is -2.04. The molecule has 1 aliphatic rings. The lowest BCUT2D eigenvalue weighted by molar-refractivity contribution is -0.140. The highest BCUT2D eigenvalue weighted by Gasteiger charge is 2.48. The van der Waals surface area contributed by atoms with E-state index in [1.807, 2.05) is 6.07 Å². The average Bonchev–Trinajstić information content (AvgIpc) is 2.94. The minimum Gasteiger partial charge on any atom is -0.481 e. The number of aryl methyl sites for hydroxylation is 1. The number of amides is 1. The SMILES string of the molecule is Cn1nccc1CNC(=O)[C@@H]1C[C@@H]1C(=O)O.